The van der Waals surface area contributed by atoms with Gasteiger partial charge in [-0.15, -0.1) is 0 Å². The molecule has 2 aromatic heterocycles. The predicted octanol–water partition coefficient (Wildman–Crippen LogP) is 6.18. The summed E-state index contributed by atoms with van der Waals surface area (Å²) in [4.78, 5) is 20.8. The zero-order valence-corrected chi connectivity index (χ0v) is 23.9. The lowest BCUT2D eigenvalue weighted by Crippen LogP contribution is -2.21. The van der Waals surface area contributed by atoms with Crippen molar-refractivity contribution in [2.24, 2.45) is 5.41 Å². The van der Waals surface area contributed by atoms with Gasteiger partial charge in [-0.2, -0.15) is 5.26 Å². The number of carboxylic acid groups (broad SMARTS) is 1. The lowest BCUT2D eigenvalue weighted by molar-refractivity contribution is 0.0697. The maximum Gasteiger partial charge on any atom is 0.335 e. The van der Waals surface area contributed by atoms with Crippen LogP contribution in [-0.2, 0) is 13.0 Å². The number of halogens is 3. The van der Waals surface area contributed by atoms with Crippen LogP contribution >= 0.6 is 0 Å². The molecule has 0 amide bonds. The van der Waals surface area contributed by atoms with E-state index < -0.39 is 23.4 Å². The number of aromatic carboxylic acids is 1. The number of hydrogen-bond acceptors (Lipinski definition) is 6. The summed E-state index contributed by atoms with van der Waals surface area (Å²) in [6, 6.07) is 17.5. The van der Waals surface area contributed by atoms with E-state index in [1.54, 1.807) is 18.2 Å². The molecule has 1 saturated heterocycles. The van der Waals surface area contributed by atoms with Gasteiger partial charge in [0, 0.05) is 42.1 Å². The molecule has 2 aliphatic rings. The third-order valence-electron chi connectivity index (χ3n) is 8.78. The van der Waals surface area contributed by atoms with Crippen molar-refractivity contribution in [2.75, 3.05) is 13.1 Å². The Bertz CT molecular complexity index is 2030. The summed E-state index contributed by atoms with van der Waals surface area (Å²) in [6.45, 7) is 1.34. The Morgan fingerprint density at radius 1 is 1.02 bits per heavy atom. The molecule has 3 aromatic carbocycles. The van der Waals surface area contributed by atoms with Crippen molar-refractivity contribution in [1.29, 1.82) is 5.26 Å². The number of imidazole rings is 1. The Morgan fingerprint density at radius 2 is 1.84 bits per heavy atom. The predicted molar refractivity (Wildman–Crippen MR) is 158 cm³/mol. The molecule has 1 unspecified atom stereocenters. The largest absolute Gasteiger partial charge is 0.478 e. The number of ether oxygens (including phenoxy) is 1. The molecule has 2 N–H and O–H groups in total. The number of benzene rings is 3. The average Bonchev–Trinajstić information content (AvgIpc) is 3.57. The number of pyridine rings is 1. The van der Waals surface area contributed by atoms with E-state index in [1.165, 1.54) is 30.3 Å². The zero-order valence-electron chi connectivity index (χ0n) is 23.9. The van der Waals surface area contributed by atoms with Gasteiger partial charge in [-0.1, -0.05) is 12.1 Å². The van der Waals surface area contributed by atoms with Crippen LogP contribution in [0.15, 0.2) is 66.7 Å². The maximum atomic E-state index is 15.7. The molecule has 1 saturated carbocycles. The molecule has 0 bridgehead atoms. The first-order chi connectivity index (χ1) is 21.7. The highest BCUT2D eigenvalue weighted by molar-refractivity contribution is 5.92. The topological polar surface area (TPSA) is 113 Å². The van der Waals surface area contributed by atoms with Gasteiger partial charge in [-0.05, 0) is 66.9 Å². The van der Waals surface area contributed by atoms with E-state index in [1.807, 2.05) is 10.6 Å². The summed E-state index contributed by atoms with van der Waals surface area (Å²) in [5.41, 5.74) is 2.00. The number of carbonyl (C=O) groups is 1. The summed E-state index contributed by atoms with van der Waals surface area (Å²) in [7, 11) is 0. The summed E-state index contributed by atoms with van der Waals surface area (Å²) in [5.74, 6) is -2.36. The average molecular weight is 610 g/mol. The van der Waals surface area contributed by atoms with Crippen LogP contribution in [0, 0.1) is 34.2 Å². The van der Waals surface area contributed by atoms with E-state index in [0.717, 1.165) is 37.6 Å². The van der Waals surface area contributed by atoms with Crippen molar-refractivity contribution in [3.05, 3.63) is 112 Å². The molecule has 2 fully saturated rings. The highest BCUT2D eigenvalue weighted by atomic mass is 19.1. The lowest BCUT2D eigenvalue weighted by atomic mass is 9.99. The molecule has 1 aliphatic carbocycles. The number of hydrogen-bond donors (Lipinski definition) is 2. The van der Waals surface area contributed by atoms with Crippen molar-refractivity contribution >= 4 is 17.0 Å². The van der Waals surface area contributed by atoms with Gasteiger partial charge in [-0.25, -0.2) is 27.9 Å². The molecule has 7 rings (SSSR count). The van der Waals surface area contributed by atoms with Gasteiger partial charge in [0.15, 0.2) is 0 Å². The van der Waals surface area contributed by atoms with Crippen LogP contribution in [0.3, 0.4) is 0 Å². The first-order valence-electron chi connectivity index (χ1n) is 14.5. The zero-order chi connectivity index (χ0) is 31.3. The van der Waals surface area contributed by atoms with Gasteiger partial charge in [0.05, 0.1) is 40.0 Å². The number of aromatic nitrogens is 3. The standard InChI is InChI=1S/C34H26F3N5O3/c35-24-10-19(15-38)4-5-21(24)17-45-32-3-1-2-27(41-32)23-14-25(36)22(11-26(23)37)13-31-40-28-7-6-20(33(43)44)12-29(28)42(31)30-16-39-18-34(30)8-9-34/h1-7,10-12,14,30,39H,8-9,13,16-18H2,(H,43,44). The van der Waals surface area contributed by atoms with Crippen molar-refractivity contribution in [1.82, 2.24) is 19.9 Å². The molecule has 8 nitrogen and oxygen atoms in total. The van der Waals surface area contributed by atoms with Crippen molar-refractivity contribution < 1.29 is 27.8 Å². The summed E-state index contributed by atoms with van der Waals surface area (Å²) in [6.07, 6.45) is 2.05. The second-order valence-electron chi connectivity index (χ2n) is 11.6. The smallest absolute Gasteiger partial charge is 0.335 e. The second kappa shape index (κ2) is 11.1. The van der Waals surface area contributed by atoms with Crippen LogP contribution in [0.2, 0.25) is 0 Å². The highest BCUT2D eigenvalue weighted by Gasteiger charge is 2.53. The molecule has 11 heteroatoms. The van der Waals surface area contributed by atoms with Crippen molar-refractivity contribution in [3.8, 4) is 23.2 Å². The Morgan fingerprint density at radius 3 is 2.60 bits per heavy atom. The van der Waals surface area contributed by atoms with E-state index in [0.29, 0.717) is 23.4 Å². The fraction of sp³-hybridized carbons (Fsp3) is 0.235. The maximum absolute atomic E-state index is 15.7. The van der Waals surface area contributed by atoms with Crippen LogP contribution in [0.4, 0.5) is 13.2 Å². The SMILES string of the molecule is N#Cc1ccc(COc2cccc(-c3cc(F)c(Cc4nc5ccc(C(=O)O)cc5n4C4CNCC45CC5)cc3F)n2)c(F)c1. The van der Waals surface area contributed by atoms with E-state index in [2.05, 4.69) is 10.3 Å². The first-order valence-corrected chi connectivity index (χ1v) is 14.5. The number of fused-ring (bicyclic) bond motifs is 1. The van der Waals surface area contributed by atoms with Crippen molar-refractivity contribution in [3.63, 3.8) is 0 Å². The minimum absolute atomic E-state index is 0.000563. The molecule has 226 valence electrons. The van der Waals surface area contributed by atoms with Crippen LogP contribution in [0.25, 0.3) is 22.3 Å². The Hall–Kier alpha value is -5.21. The lowest BCUT2D eigenvalue weighted by Gasteiger charge is -2.23. The number of carboxylic acids is 1. The van der Waals surface area contributed by atoms with Gasteiger partial charge in [-0.3, -0.25) is 0 Å². The number of nitriles is 1. The number of rotatable bonds is 8. The Labute approximate surface area is 255 Å². The molecule has 3 heterocycles. The number of nitrogens with one attached hydrogen (secondary N) is 1. The van der Waals surface area contributed by atoms with Crippen LogP contribution in [0.5, 0.6) is 5.88 Å². The van der Waals surface area contributed by atoms with Crippen LogP contribution in [0.1, 0.15) is 51.8 Å². The summed E-state index contributed by atoms with van der Waals surface area (Å²) in [5, 5.41) is 22.0. The fourth-order valence-corrected chi connectivity index (χ4v) is 6.20. The molecule has 1 atom stereocenters. The molecule has 5 aromatic rings. The summed E-state index contributed by atoms with van der Waals surface area (Å²) >= 11 is 0. The third-order valence-corrected chi connectivity index (χ3v) is 8.78. The van der Waals surface area contributed by atoms with E-state index in [4.69, 9.17) is 15.0 Å². The molecule has 1 aliphatic heterocycles. The quantitative estimate of drug-likeness (QED) is 0.216. The second-order valence-corrected chi connectivity index (χ2v) is 11.6. The molecular weight excluding hydrogens is 583 g/mol. The van der Waals surface area contributed by atoms with Crippen LogP contribution in [-0.4, -0.2) is 38.7 Å². The monoisotopic (exact) mass is 609 g/mol. The fourth-order valence-electron chi connectivity index (χ4n) is 6.20. The van der Waals surface area contributed by atoms with E-state index >= 15 is 8.78 Å². The first kappa shape index (κ1) is 28.6. The van der Waals surface area contributed by atoms with Gasteiger partial charge in [0.1, 0.15) is 29.9 Å². The number of nitrogens with zero attached hydrogens (tertiary/aromatic N) is 4. The van der Waals surface area contributed by atoms with Crippen LogP contribution < -0.4 is 10.1 Å². The highest BCUT2D eigenvalue weighted by Crippen LogP contribution is 2.56. The van der Waals surface area contributed by atoms with Gasteiger partial charge < -0.3 is 19.7 Å². The van der Waals surface area contributed by atoms with E-state index in [9.17, 15) is 14.3 Å². The van der Waals surface area contributed by atoms with Gasteiger partial charge >= 0.3 is 5.97 Å². The van der Waals surface area contributed by atoms with Crippen molar-refractivity contribution in [2.45, 2.75) is 31.9 Å². The molecule has 0 radical (unpaired) electrons. The normalized spacial score (nSPS) is 16.6. The van der Waals surface area contributed by atoms with E-state index in [-0.39, 0.29) is 63.9 Å². The minimum atomic E-state index is -1.05. The molecule has 1 spiro atoms. The van der Waals surface area contributed by atoms with Gasteiger partial charge in [0.25, 0.3) is 0 Å². The molecular formula is C34H26F3N5O3. The summed E-state index contributed by atoms with van der Waals surface area (Å²) < 4.78 is 53.1. The Kier molecular flexibility index (Phi) is 7.01. The molecule has 45 heavy (non-hydrogen) atoms. The third kappa shape index (κ3) is 5.27. The van der Waals surface area contributed by atoms with Gasteiger partial charge in [0.2, 0.25) is 5.88 Å². The Balaban J connectivity index is 1.18. The minimum Gasteiger partial charge on any atom is -0.478 e.